The molecule has 2 aliphatic carbocycles. The number of hydrogen-bond acceptors (Lipinski definition) is 7. The zero-order chi connectivity index (χ0) is 24.6. The van der Waals surface area contributed by atoms with Gasteiger partial charge in [0.1, 0.15) is 6.61 Å². The third kappa shape index (κ3) is 4.63. The van der Waals surface area contributed by atoms with Crippen LogP contribution in [0.4, 0.5) is 4.79 Å². The highest BCUT2D eigenvalue weighted by Crippen LogP contribution is 2.59. The van der Waals surface area contributed by atoms with Crippen LogP contribution in [-0.2, 0) is 37.6 Å². The molecule has 0 unspecified atom stereocenters. The fourth-order valence-electron chi connectivity index (χ4n) is 6.58. The van der Waals surface area contributed by atoms with Gasteiger partial charge in [-0.25, -0.2) is 9.78 Å². The van der Waals surface area contributed by atoms with Gasteiger partial charge in [-0.1, -0.05) is 30.3 Å². The second-order valence-corrected chi connectivity index (χ2v) is 11.6. The standard InChI is InChI=1S/C26H32N2O6S/c1-32-24-11-10-22-23(27-24)14-20-13-19(17-34-35(2,30)31)15-26(22)21(20)9-6-12-28(26)25(29)33-16-18-7-4-3-5-8-18/h3-5,7-8,10-11,19-21H,6,9,12-17H2,1-2H3/t19-,20-,21-,26+/m1/s1. The number of aromatic nitrogens is 1. The summed E-state index contributed by atoms with van der Waals surface area (Å²) in [7, 11) is -1.95. The van der Waals surface area contributed by atoms with Crippen LogP contribution in [0.1, 0.15) is 42.5 Å². The normalized spacial score (nSPS) is 27.5. The summed E-state index contributed by atoms with van der Waals surface area (Å²) in [6.07, 6.45) is 4.90. The van der Waals surface area contributed by atoms with Crippen molar-refractivity contribution in [2.75, 3.05) is 26.5 Å². The maximum atomic E-state index is 13.6. The first-order valence-corrected chi connectivity index (χ1v) is 14.0. The minimum Gasteiger partial charge on any atom is -0.481 e. The van der Waals surface area contributed by atoms with Crippen molar-refractivity contribution in [1.29, 1.82) is 0 Å². The number of fused-ring (bicyclic) bond motifs is 1. The van der Waals surface area contributed by atoms with Gasteiger partial charge in [-0.3, -0.25) is 9.08 Å². The summed E-state index contributed by atoms with van der Waals surface area (Å²) in [5.74, 6) is 1.10. The third-order valence-corrected chi connectivity index (χ3v) is 8.38. The molecule has 0 N–H and O–H groups in total. The second kappa shape index (κ2) is 9.43. The lowest BCUT2D eigenvalue weighted by Gasteiger charge is -2.61. The lowest BCUT2D eigenvalue weighted by atomic mass is 9.53. The molecule has 8 nitrogen and oxygen atoms in total. The first-order chi connectivity index (χ1) is 16.8. The van der Waals surface area contributed by atoms with E-state index in [-0.39, 0.29) is 37.1 Å². The number of carbonyl (C=O) groups is 1. The minimum absolute atomic E-state index is 0.00347. The van der Waals surface area contributed by atoms with E-state index in [0.717, 1.165) is 48.8 Å². The number of nitrogens with zero attached hydrogens (tertiary/aromatic N) is 2. The number of hydrogen-bond donors (Lipinski definition) is 0. The van der Waals surface area contributed by atoms with Crippen molar-refractivity contribution in [1.82, 2.24) is 9.88 Å². The van der Waals surface area contributed by atoms with Crippen LogP contribution in [0.2, 0.25) is 0 Å². The molecule has 5 rings (SSSR count). The van der Waals surface area contributed by atoms with Crippen molar-refractivity contribution in [3.8, 4) is 5.88 Å². The van der Waals surface area contributed by atoms with Gasteiger partial charge >= 0.3 is 6.09 Å². The van der Waals surface area contributed by atoms with Gasteiger partial charge in [0, 0.05) is 12.6 Å². The third-order valence-electron chi connectivity index (χ3n) is 7.82. The minimum atomic E-state index is -3.55. The number of piperidine rings is 1. The lowest BCUT2D eigenvalue weighted by Crippen LogP contribution is -2.64. The average Bonchev–Trinajstić information content (AvgIpc) is 2.85. The van der Waals surface area contributed by atoms with Gasteiger partial charge in [0.25, 0.3) is 10.1 Å². The molecule has 35 heavy (non-hydrogen) atoms. The van der Waals surface area contributed by atoms with E-state index in [1.54, 1.807) is 7.11 Å². The van der Waals surface area contributed by atoms with Gasteiger partial charge in [0.2, 0.25) is 5.88 Å². The van der Waals surface area contributed by atoms with Crippen LogP contribution in [0.3, 0.4) is 0 Å². The molecule has 9 heteroatoms. The highest BCUT2D eigenvalue weighted by Gasteiger charge is 2.59. The van der Waals surface area contributed by atoms with Crippen LogP contribution in [-0.4, -0.2) is 50.9 Å². The largest absolute Gasteiger partial charge is 0.481 e. The summed E-state index contributed by atoms with van der Waals surface area (Å²) in [5.41, 5.74) is 2.31. The summed E-state index contributed by atoms with van der Waals surface area (Å²) in [6, 6.07) is 13.5. The first-order valence-electron chi connectivity index (χ1n) is 12.2. The number of carbonyl (C=O) groups excluding carboxylic acids is 1. The van der Waals surface area contributed by atoms with Gasteiger partial charge in [-0.2, -0.15) is 8.42 Å². The van der Waals surface area contributed by atoms with E-state index < -0.39 is 15.7 Å². The quantitative estimate of drug-likeness (QED) is 0.555. The number of rotatable bonds is 6. The van der Waals surface area contributed by atoms with E-state index >= 15 is 0 Å². The van der Waals surface area contributed by atoms with Gasteiger partial charge in [-0.05, 0) is 67.1 Å². The van der Waals surface area contributed by atoms with E-state index in [2.05, 4.69) is 0 Å². The molecule has 1 aromatic carbocycles. The molecule has 1 amide bonds. The molecular formula is C26H32N2O6S. The average molecular weight is 501 g/mol. The molecule has 1 aliphatic heterocycles. The van der Waals surface area contributed by atoms with E-state index in [9.17, 15) is 13.2 Å². The summed E-state index contributed by atoms with van der Waals surface area (Å²) < 4.78 is 39.9. The molecule has 2 bridgehead atoms. The van der Waals surface area contributed by atoms with Crippen LogP contribution < -0.4 is 4.74 Å². The second-order valence-electron chi connectivity index (χ2n) is 9.97. The fraction of sp³-hybridized carbons (Fsp3) is 0.538. The topological polar surface area (TPSA) is 95.0 Å². The van der Waals surface area contributed by atoms with E-state index in [1.807, 2.05) is 47.4 Å². The van der Waals surface area contributed by atoms with Crippen LogP contribution in [0.5, 0.6) is 5.88 Å². The Bertz CT molecular complexity index is 1190. The van der Waals surface area contributed by atoms with Crippen molar-refractivity contribution in [2.24, 2.45) is 17.8 Å². The Morgan fingerprint density at radius 3 is 2.74 bits per heavy atom. The molecule has 4 atom stereocenters. The zero-order valence-corrected chi connectivity index (χ0v) is 21.0. The SMILES string of the molecule is COc1ccc2c(n1)C[C@H]1C[C@@H](COS(C)(=O)=O)C[C@]23[C@@H]1CCCN3C(=O)OCc1ccccc1. The van der Waals surface area contributed by atoms with Crippen molar-refractivity contribution in [2.45, 2.75) is 44.2 Å². The number of benzene rings is 1. The first kappa shape index (κ1) is 24.1. The number of ether oxygens (including phenoxy) is 2. The Balaban J connectivity index is 1.51. The van der Waals surface area contributed by atoms with Gasteiger partial charge in [-0.15, -0.1) is 0 Å². The maximum Gasteiger partial charge on any atom is 0.410 e. The number of amides is 1. The van der Waals surface area contributed by atoms with Crippen LogP contribution in [0.15, 0.2) is 42.5 Å². The number of methoxy groups -OCH3 is 1. The monoisotopic (exact) mass is 500 g/mol. The van der Waals surface area contributed by atoms with Gasteiger partial charge < -0.3 is 9.47 Å². The lowest BCUT2D eigenvalue weighted by molar-refractivity contribution is -0.0905. The van der Waals surface area contributed by atoms with Crippen molar-refractivity contribution in [3.05, 3.63) is 59.3 Å². The predicted molar refractivity (Wildman–Crippen MR) is 129 cm³/mol. The highest BCUT2D eigenvalue weighted by atomic mass is 32.2. The molecule has 2 aromatic rings. The van der Waals surface area contributed by atoms with Crippen molar-refractivity contribution >= 4 is 16.2 Å². The molecule has 1 saturated carbocycles. The Kier molecular flexibility index (Phi) is 6.48. The molecule has 2 fully saturated rings. The van der Waals surface area contributed by atoms with E-state index in [4.69, 9.17) is 18.6 Å². The fourth-order valence-corrected chi connectivity index (χ4v) is 7.02. The highest BCUT2D eigenvalue weighted by molar-refractivity contribution is 7.85. The number of likely N-dealkylation sites (tertiary alicyclic amines) is 1. The molecule has 0 radical (unpaired) electrons. The van der Waals surface area contributed by atoms with Crippen LogP contribution in [0.25, 0.3) is 0 Å². The molecule has 3 aliphatic rings. The Morgan fingerprint density at radius 1 is 1.20 bits per heavy atom. The Labute approximate surface area is 206 Å². The predicted octanol–water partition coefficient (Wildman–Crippen LogP) is 3.89. The van der Waals surface area contributed by atoms with Crippen molar-refractivity contribution in [3.63, 3.8) is 0 Å². The van der Waals surface area contributed by atoms with Crippen LogP contribution >= 0.6 is 0 Å². The summed E-state index contributed by atoms with van der Waals surface area (Å²) >= 11 is 0. The molecule has 0 spiro atoms. The smallest absolute Gasteiger partial charge is 0.410 e. The molecule has 2 heterocycles. The van der Waals surface area contributed by atoms with Gasteiger partial charge in [0.15, 0.2) is 0 Å². The van der Waals surface area contributed by atoms with E-state index in [1.165, 1.54) is 0 Å². The molecule has 1 aromatic heterocycles. The summed E-state index contributed by atoms with van der Waals surface area (Å²) in [6.45, 7) is 0.909. The molecular weight excluding hydrogens is 468 g/mol. The Morgan fingerprint density at radius 2 is 2.00 bits per heavy atom. The summed E-state index contributed by atoms with van der Waals surface area (Å²) in [5, 5.41) is 0. The molecule has 1 saturated heterocycles. The van der Waals surface area contributed by atoms with Crippen LogP contribution in [0, 0.1) is 17.8 Å². The molecule has 188 valence electrons. The van der Waals surface area contributed by atoms with E-state index in [0.29, 0.717) is 18.8 Å². The van der Waals surface area contributed by atoms with Crippen molar-refractivity contribution < 1.29 is 26.9 Å². The number of pyridine rings is 1. The summed E-state index contributed by atoms with van der Waals surface area (Å²) in [4.78, 5) is 20.3. The maximum absolute atomic E-state index is 13.6. The zero-order valence-electron chi connectivity index (χ0n) is 20.2. The van der Waals surface area contributed by atoms with Gasteiger partial charge in [0.05, 0.1) is 31.2 Å². The Hall–Kier alpha value is -2.65.